The summed E-state index contributed by atoms with van der Waals surface area (Å²) in [5.41, 5.74) is 0.136. The van der Waals surface area contributed by atoms with Crippen LogP contribution in [0.4, 0.5) is 4.39 Å². The zero-order valence-corrected chi connectivity index (χ0v) is 12.7. The summed E-state index contributed by atoms with van der Waals surface area (Å²) in [5.74, 6) is -0.280. The highest BCUT2D eigenvalue weighted by atomic mass is 35.5. The summed E-state index contributed by atoms with van der Waals surface area (Å²) in [6, 6.07) is 4.68. The Bertz CT molecular complexity index is 543. The predicted molar refractivity (Wildman–Crippen MR) is 76.4 cm³/mol. The lowest BCUT2D eigenvalue weighted by atomic mass is 10.1. The van der Waals surface area contributed by atoms with Gasteiger partial charge in [0.2, 0.25) is 0 Å². The Morgan fingerprint density at radius 1 is 1.50 bits per heavy atom. The smallest absolute Gasteiger partial charge is 0.306 e. The van der Waals surface area contributed by atoms with Crippen LogP contribution in [-0.4, -0.2) is 23.0 Å². The van der Waals surface area contributed by atoms with Gasteiger partial charge in [0.15, 0.2) is 0 Å². The largest absolute Gasteiger partial charge is 0.469 e. The quantitative estimate of drug-likeness (QED) is 0.757. The van der Waals surface area contributed by atoms with Gasteiger partial charge in [-0.25, -0.2) is 4.39 Å². The van der Waals surface area contributed by atoms with Crippen LogP contribution < -0.4 is 0 Å². The molecule has 1 aliphatic carbocycles. The number of methoxy groups -OCH3 is 1. The molecule has 1 aromatic rings. The zero-order valence-electron chi connectivity index (χ0n) is 11.2. The highest BCUT2D eigenvalue weighted by Gasteiger charge is 2.45. The molecule has 1 fully saturated rings. The topological polar surface area (TPSA) is 43.4 Å². The van der Waals surface area contributed by atoms with Gasteiger partial charge in [0.1, 0.15) is 5.82 Å². The molecule has 2 rings (SSSR count). The van der Waals surface area contributed by atoms with E-state index >= 15 is 0 Å². The van der Waals surface area contributed by atoms with E-state index in [1.165, 1.54) is 13.2 Å². The summed E-state index contributed by atoms with van der Waals surface area (Å²) in [6.07, 6.45) is 2.02. The Morgan fingerprint density at radius 3 is 2.80 bits per heavy atom. The van der Waals surface area contributed by atoms with Gasteiger partial charge in [-0.15, -0.1) is 0 Å². The van der Waals surface area contributed by atoms with Crippen molar-refractivity contribution in [3.05, 3.63) is 34.6 Å². The molecule has 0 amide bonds. The van der Waals surface area contributed by atoms with Gasteiger partial charge in [0.25, 0.3) is 0 Å². The van der Waals surface area contributed by atoms with Crippen molar-refractivity contribution in [2.24, 2.45) is 5.41 Å². The molecule has 1 aliphatic rings. The fraction of sp³-hybridized carbons (Fsp3) is 0.500. The molecule has 0 bridgehead atoms. The van der Waals surface area contributed by atoms with Crippen molar-refractivity contribution in [3.63, 3.8) is 0 Å². The fourth-order valence-corrected chi connectivity index (χ4v) is 4.09. The summed E-state index contributed by atoms with van der Waals surface area (Å²) >= 11 is 5.70. The van der Waals surface area contributed by atoms with Crippen LogP contribution in [0.3, 0.4) is 0 Å². The van der Waals surface area contributed by atoms with Crippen molar-refractivity contribution in [1.29, 1.82) is 0 Å². The highest BCUT2D eigenvalue weighted by molar-refractivity contribution is 7.84. The lowest BCUT2D eigenvalue weighted by Crippen LogP contribution is -2.18. The first kappa shape index (κ1) is 15.4. The van der Waals surface area contributed by atoms with Gasteiger partial charge in [0, 0.05) is 22.1 Å². The second kappa shape index (κ2) is 6.22. The molecule has 0 saturated heterocycles. The van der Waals surface area contributed by atoms with Gasteiger partial charge >= 0.3 is 5.97 Å². The van der Waals surface area contributed by atoms with E-state index < -0.39 is 16.6 Å². The molecule has 6 heteroatoms. The Kier molecular flexibility index (Phi) is 4.81. The SMILES string of the molecule is COC(=O)CC1(CS(=O)Cc2cccc(Cl)c2F)CC1. The van der Waals surface area contributed by atoms with Gasteiger partial charge in [-0.1, -0.05) is 23.7 Å². The van der Waals surface area contributed by atoms with Crippen LogP contribution >= 0.6 is 11.6 Å². The molecular formula is C14H16ClFO3S. The summed E-state index contributed by atoms with van der Waals surface area (Å²) in [7, 11) is 0.123. The van der Waals surface area contributed by atoms with Crippen LogP contribution in [0.25, 0.3) is 0 Å². The van der Waals surface area contributed by atoms with Crippen LogP contribution in [0.5, 0.6) is 0 Å². The Morgan fingerprint density at radius 2 is 2.20 bits per heavy atom. The van der Waals surface area contributed by atoms with E-state index in [1.54, 1.807) is 12.1 Å². The summed E-state index contributed by atoms with van der Waals surface area (Å²) in [5, 5.41) is 0.0372. The molecule has 0 N–H and O–H groups in total. The molecule has 3 nitrogen and oxygen atoms in total. The zero-order chi connectivity index (χ0) is 14.8. The predicted octanol–water partition coefficient (Wildman–Crippen LogP) is 3.07. The first-order valence-electron chi connectivity index (χ1n) is 6.30. The second-order valence-corrected chi connectivity index (χ2v) is 7.06. The number of halogens is 2. The third-order valence-corrected chi connectivity index (χ3v) is 5.38. The number of ether oxygens (including phenoxy) is 1. The Labute approximate surface area is 124 Å². The van der Waals surface area contributed by atoms with Gasteiger partial charge in [-0.05, 0) is 24.3 Å². The number of benzene rings is 1. The first-order valence-corrected chi connectivity index (χ1v) is 8.17. The lowest BCUT2D eigenvalue weighted by Gasteiger charge is -2.13. The minimum Gasteiger partial charge on any atom is -0.469 e. The van der Waals surface area contributed by atoms with Crippen molar-refractivity contribution >= 4 is 28.4 Å². The van der Waals surface area contributed by atoms with Crippen molar-refractivity contribution in [3.8, 4) is 0 Å². The molecule has 0 spiro atoms. The van der Waals surface area contributed by atoms with Crippen LogP contribution in [0.15, 0.2) is 18.2 Å². The maximum absolute atomic E-state index is 13.7. The van der Waals surface area contributed by atoms with Crippen LogP contribution in [0.1, 0.15) is 24.8 Å². The second-order valence-electron chi connectivity index (χ2n) is 5.19. The fourth-order valence-electron chi connectivity index (χ4n) is 2.15. The van der Waals surface area contributed by atoms with Crippen molar-refractivity contribution < 1.29 is 18.1 Å². The first-order chi connectivity index (χ1) is 9.46. The van der Waals surface area contributed by atoms with Crippen LogP contribution in [-0.2, 0) is 26.1 Å². The van der Waals surface area contributed by atoms with E-state index in [-0.39, 0.29) is 28.6 Å². The van der Waals surface area contributed by atoms with Gasteiger partial charge in [0.05, 0.1) is 24.3 Å². The molecule has 0 aliphatic heterocycles. The number of carbonyl (C=O) groups excluding carboxylic acids is 1. The number of esters is 1. The average Bonchev–Trinajstić information content (AvgIpc) is 3.14. The van der Waals surface area contributed by atoms with E-state index in [9.17, 15) is 13.4 Å². The number of hydrogen-bond acceptors (Lipinski definition) is 3. The molecule has 1 unspecified atom stereocenters. The van der Waals surface area contributed by atoms with Crippen molar-refractivity contribution in [2.45, 2.75) is 25.0 Å². The minimum absolute atomic E-state index is 0.0372. The maximum atomic E-state index is 13.7. The monoisotopic (exact) mass is 318 g/mol. The highest BCUT2D eigenvalue weighted by Crippen LogP contribution is 2.49. The van der Waals surface area contributed by atoms with E-state index in [2.05, 4.69) is 4.74 Å². The summed E-state index contributed by atoms with van der Waals surface area (Å²) < 4.78 is 30.5. The van der Waals surface area contributed by atoms with Crippen molar-refractivity contribution in [1.82, 2.24) is 0 Å². The van der Waals surface area contributed by atoms with Crippen LogP contribution in [0, 0.1) is 11.2 Å². The molecule has 1 atom stereocenters. The number of rotatable bonds is 6. The van der Waals surface area contributed by atoms with E-state index in [1.807, 2.05) is 0 Å². The van der Waals surface area contributed by atoms with Gasteiger partial charge in [-0.3, -0.25) is 9.00 Å². The average molecular weight is 319 g/mol. The van der Waals surface area contributed by atoms with Crippen LogP contribution in [0.2, 0.25) is 5.02 Å². The Balaban J connectivity index is 1.96. The normalized spacial score (nSPS) is 17.6. The van der Waals surface area contributed by atoms with E-state index in [0.717, 1.165) is 12.8 Å². The van der Waals surface area contributed by atoms with Crippen molar-refractivity contribution in [2.75, 3.05) is 12.9 Å². The molecule has 0 radical (unpaired) electrons. The Hall–Kier alpha value is -0.940. The standard InChI is InChI=1S/C14H16ClFO3S/c1-19-12(17)7-14(5-6-14)9-20(18)8-10-3-2-4-11(15)13(10)16/h2-4H,5-9H2,1H3. The third kappa shape index (κ3) is 3.79. The van der Waals surface area contributed by atoms with Gasteiger partial charge in [-0.2, -0.15) is 0 Å². The molecular weight excluding hydrogens is 303 g/mol. The van der Waals surface area contributed by atoms with E-state index in [4.69, 9.17) is 11.6 Å². The number of carbonyl (C=O) groups is 1. The lowest BCUT2D eigenvalue weighted by molar-refractivity contribution is -0.141. The minimum atomic E-state index is -1.22. The molecule has 0 heterocycles. The molecule has 0 aromatic heterocycles. The number of hydrogen-bond donors (Lipinski definition) is 0. The van der Waals surface area contributed by atoms with E-state index in [0.29, 0.717) is 11.3 Å². The molecule has 1 saturated carbocycles. The maximum Gasteiger partial charge on any atom is 0.306 e. The summed E-state index contributed by atoms with van der Waals surface area (Å²) in [4.78, 5) is 11.3. The molecule has 110 valence electrons. The van der Waals surface area contributed by atoms with Gasteiger partial charge < -0.3 is 4.74 Å². The molecule has 1 aromatic carbocycles. The summed E-state index contributed by atoms with van der Waals surface area (Å²) in [6.45, 7) is 0. The third-order valence-electron chi connectivity index (χ3n) is 3.52. The molecule has 20 heavy (non-hydrogen) atoms.